The van der Waals surface area contributed by atoms with Crippen LogP contribution in [0.3, 0.4) is 0 Å². The van der Waals surface area contributed by atoms with Crippen molar-refractivity contribution in [3.63, 3.8) is 0 Å². The second-order valence-electron chi connectivity index (χ2n) is 6.72. The number of nitrogens with zero attached hydrogens (tertiary/aromatic N) is 1. The van der Waals surface area contributed by atoms with Gasteiger partial charge < -0.3 is 19.5 Å². The van der Waals surface area contributed by atoms with Gasteiger partial charge in [0.2, 0.25) is 12.7 Å². The summed E-state index contributed by atoms with van der Waals surface area (Å²) < 4.78 is 29.3. The second-order valence-corrected chi connectivity index (χ2v) is 6.72. The SMILES string of the molecule is O=C(CN1CCOC(c2ccc(F)cc2)C1)NC(=O)Nc1ccc2c(c1)OCO2. The highest BCUT2D eigenvalue weighted by Gasteiger charge is 2.24. The van der Waals surface area contributed by atoms with Crippen LogP contribution in [0.1, 0.15) is 11.7 Å². The third kappa shape index (κ3) is 4.82. The van der Waals surface area contributed by atoms with Gasteiger partial charge in [0.25, 0.3) is 0 Å². The number of imide groups is 1. The summed E-state index contributed by atoms with van der Waals surface area (Å²) in [4.78, 5) is 26.2. The fourth-order valence-corrected chi connectivity index (χ4v) is 3.23. The molecule has 0 spiro atoms. The predicted octanol–water partition coefficient (Wildman–Crippen LogP) is 2.28. The van der Waals surface area contributed by atoms with Crippen LogP contribution >= 0.6 is 0 Å². The van der Waals surface area contributed by atoms with Gasteiger partial charge in [0.15, 0.2) is 11.5 Å². The first-order chi connectivity index (χ1) is 14.1. The zero-order valence-corrected chi connectivity index (χ0v) is 15.5. The number of halogens is 1. The summed E-state index contributed by atoms with van der Waals surface area (Å²) in [5.41, 5.74) is 1.33. The maximum Gasteiger partial charge on any atom is 0.325 e. The molecule has 152 valence electrons. The van der Waals surface area contributed by atoms with Gasteiger partial charge in [-0.25, -0.2) is 9.18 Å². The van der Waals surface area contributed by atoms with E-state index in [0.717, 1.165) is 5.56 Å². The standard InChI is InChI=1S/C20H20FN3O5/c21-14-3-1-13(2-4-14)18-10-24(7-8-27-18)11-19(25)23-20(26)22-15-5-6-16-17(9-15)29-12-28-16/h1-6,9,18H,7-8,10-12H2,(H2,22,23,25,26). The largest absolute Gasteiger partial charge is 0.454 e. The van der Waals surface area contributed by atoms with Gasteiger partial charge in [-0.2, -0.15) is 0 Å². The van der Waals surface area contributed by atoms with Gasteiger partial charge in [-0.1, -0.05) is 12.1 Å². The summed E-state index contributed by atoms with van der Waals surface area (Å²) in [6.07, 6.45) is -0.250. The van der Waals surface area contributed by atoms with Crippen LogP contribution in [-0.2, 0) is 9.53 Å². The molecule has 3 amide bonds. The zero-order chi connectivity index (χ0) is 20.2. The number of carbonyl (C=O) groups excluding carboxylic acids is 2. The van der Waals surface area contributed by atoms with Crippen molar-refractivity contribution < 1.29 is 28.2 Å². The summed E-state index contributed by atoms with van der Waals surface area (Å²) in [7, 11) is 0. The van der Waals surface area contributed by atoms with Crippen molar-refractivity contribution in [1.82, 2.24) is 10.2 Å². The minimum Gasteiger partial charge on any atom is -0.454 e. The lowest BCUT2D eigenvalue weighted by atomic mass is 10.1. The fourth-order valence-electron chi connectivity index (χ4n) is 3.23. The Labute approximate surface area is 166 Å². The molecule has 0 radical (unpaired) electrons. The van der Waals surface area contributed by atoms with Crippen molar-refractivity contribution in [2.24, 2.45) is 0 Å². The highest BCUT2D eigenvalue weighted by Crippen LogP contribution is 2.34. The monoisotopic (exact) mass is 401 g/mol. The molecule has 2 N–H and O–H groups in total. The minimum absolute atomic E-state index is 0.0512. The van der Waals surface area contributed by atoms with Crippen LogP contribution in [-0.4, -0.2) is 49.9 Å². The highest BCUT2D eigenvalue weighted by molar-refractivity contribution is 6.01. The number of amides is 3. The van der Waals surface area contributed by atoms with Crippen LogP contribution in [0.25, 0.3) is 0 Å². The molecule has 1 unspecified atom stereocenters. The Morgan fingerprint density at radius 2 is 1.90 bits per heavy atom. The average molecular weight is 401 g/mol. The number of hydrogen-bond acceptors (Lipinski definition) is 6. The Hall–Kier alpha value is -3.17. The summed E-state index contributed by atoms with van der Waals surface area (Å²) in [6, 6.07) is 10.4. The van der Waals surface area contributed by atoms with Gasteiger partial charge in [0.05, 0.1) is 19.3 Å². The molecule has 0 bridgehead atoms. The van der Waals surface area contributed by atoms with E-state index in [1.807, 2.05) is 4.90 Å². The third-order valence-electron chi connectivity index (χ3n) is 4.64. The number of anilines is 1. The van der Waals surface area contributed by atoms with Crippen molar-refractivity contribution >= 4 is 17.6 Å². The molecular formula is C20H20FN3O5. The Morgan fingerprint density at radius 1 is 1.10 bits per heavy atom. The molecule has 8 nitrogen and oxygen atoms in total. The zero-order valence-electron chi connectivity index (χ0n) is 15.5. The van der Waals surface area contributed by atoms with Gasteiger partial charge in [0, 0.05) is 24.8 Å². The summed E-state index contributed by atoms with van der Waals surface area (Å²) in [6.45, 7) is 1.67. The average Bonchev–Trinajstić information content (AvgIpc) is 3.16. The molecule has 2 aromatic rings. The van der Waals surface area contributed by atoms with Crippen molar-refractivity contribution in [3.8, 4) is 11.5 Å². The number of hydrogen-bond donors (Lipinski definition) is 2. The van der Waals surface area contributed by atoms with E-state index in [2.05, 4.69) is 10.6 Å². The van der Waals surface area contributed by atoms with Crippen LogP contribution in [0, 0.1) is 5.82 Å². The highest BCUT2D eigenvalue weighted by atomic mass is 19.1. The predicted molar refractivity (Wildman–Crippen MR) is 101 cm³/mol. The molecule has 0 aliphatic carbocycles. The molecule has 9 heteroatoms. The first-order valence-electron chi connectivity index (χ1n) is 9.17. The topological polar surface area (TPSA) is 89.1 Å². The molecular weight excluding hydrogens is 381 g/mol. The first-order valence-corrected chi connectivity index (χ1v) is 9.17. The first kappa shape index (κ1) is 19.2. The summed E-state index contributed by atoms with van der Waals surface area (Å²) >= 11 is 0. The van der Waals surface area contributed by atoms with E-state index in [1.165, 1.54) is 12.1 Å². The van der Waals surface area contributed by atoms with Crippen LogP contribution in [0.2, 0.25) is 0 Å². The fraction of sp³-hybridized carbons (Fsp3) is 0.300. The van der Waals surface area contributed by atoms with Crippen molar-refractivity contribution in [3.05, 3.63) is 53.8 Å². The maximum atomic E-state index is 13.1. The Morgan fingerprint density at radius 3 is 2.72 bits per heavy atom. The van der Waals surface area contributed by atoms with E-state index in [9.17, 15) is 14.0 Å². The van der Waals surface area contributed by atoms with E-state index in [-0.39, 0.29) is 25.3 Å². The van der Waals surface area contributed by atoms with Gasteiger partial charge in [-0.05, 0) is 29.8 Å². The quantitative estimate of drug-likeness (QED) is 0.817. The van der Waals surface area contributed by atoms with E-state index in [4.69, 9.17) is 14.2 Å². The lowest BCUT2D eigenvalue weighted by Gasteiger charge is -2.32. The normalized spacial score (nSPS) is 18.3. The Kier molecular flexibility index (Phi) is 5.59. The van der Waals surface area contributed by atoms with Gasteiger partial charge in [-0.15, -0.1) is 0 Å². The second kappa shape index (κ2) is 8.46. The van der Waals surface area contributed by atoms with E-state index < -0.39 is 11.9 Å². The number of urea groups is 1. The molecule has 1 saturated heterocycles. The molecule has 0 aromatic heterocycles. The van der Waals surface area contributed by atoms with Crippen LogP contribution in [0.4, 0.5) is 14.9 Å². The third-order valence-corrected chi connectivity index (χ3v) is 4.64. The Bertz CT molecular complexity index is 905. The van der Waals surface area contributed by atoms with Crippen molar-refractivity contribution in [2.45, 2.75) is 6.10 Å². The molecule has 1 fully saturated rings. The maximum absolute atomic E-state index is 13.1. The van der Waals surface area contributed by atoms with Crippen LogP contribution < -0.4 is 20.1 Å². The minimum atomic E-state index is -0.628. The van der Waals surface area contributed by atoms with E-state index in [1.54, 1.807) is 30.3 Å². The molecule has 1 atom stereocenters. The van der Waals surface area contributed by atoms with Gasteiger partial charge in [0.1, 0.15) is 5.82 Å². The molecule has 29 heavy (non-hydrogen) atoms. The van der Waals surface area contributed by atoms with Crippen LogP contribution in [0.15, 0.2) is 42.5 Å². The number of carbonyl (C=O) groups is 2. The van der Waals surface area contributed by atoms with E-state index in [0.29, 0.717) is 36.9 Å². The number of fused-ring (bicyclic) bond motifs is 1. The van der Waals surface area contributed by atoms with Gasteiger partial charge >= 0.3 is 6.03 Å². The number of morpholine rings is 1. The number of ether oxygens (including phenoxy) is 3. The lowest BCUT2D eigenvalue weighted by Crippen LogP contribution is -2.46. The lowest BCUT2D eigenvalue weighted by molar-refractivity contribution is -0.123. The molecule has 0 saturated carbocycles. The number of benzene rings is 2. The summed E-state index contributed by atoms with van der Waals surface area (Å²) in [5.74, 6) is 0.404. The number of rotatable bonds is 4. The smallest absolute Gasteiger partial charge is 0.325 e. The van der Waals surface area contributed by atoms with Crippen molar-refractivity contribution in [2.75, 3.05) is 38.4 Å². The molecule has 2 aliphatic rings. The molecule has 2 aromatic carbocycles. The molecule has 2 heterocycles. The Balaban J connectivity index is 1.27. The number of nitrogens with one attached hydrogen (secondary N) is 2. The van der Waals surface area contributed by atoms with E-state index >= 15 is 0 Å². The van der Waals surface area contributed by atoms with Gasteiger partial charge in [-0.3, -0.25) is 15.0 Å². The van der Waals surface area contributed by atoms with Crippen LogP contribution in [0.5, 0.6) is 11.5 Å². The molecule has 2 aliphatic heterocycles. The van der Waals surface area contributed by atoms with Crippen molar-refractivity contribution in [1.29, 1.82) is 0 Å². The molecule has 4 rings (SSSR count). The summed E-state index contributed by atoms with van der Waals surface area (Å²) in [5, 5.41) is 4.91.